The lowest BCUT2D eigenvalue weighted by Gasteiger charge is -2.36. The lowest BCUT2D eigenvalue weighted by atomic mass is 10.0. The normalized spacial score (nSPS) is 18.8. The zero-order chi connectivity index (χ0) is 14.7. The first-order valence-corrected chi connectivity index (χ1v) is 8.78. The maximum atomic E-state index is 3.67. The molecule has 1 N–H and O–H groups in total. The molecule has 1 saturated heterocycles. The summed E-state index contributed by atoms with van der Waals surface area (Å²) in [7, 11) is 0. The number of halogens is 2. The summed E-state index contributed by atoms with van der Waals surface area (Å²) < 4.78 is 2.28. The summed E-state index contributed by atoms with van der Waals surface area (Å²) in [5, 5.41) is 3.63. The average molecular weight is 410 g/mol. The minimum absolute atomic E-state index is 0.493. The Kier molecular flexibility index (Phi) is 4.99. The van der Waals surface area contributed by atoms with Gasteiger partial charge in [-0.3, -0.25) is 0 Å². The topological polar surface area (TPSA) is 15.3 Å². The number of rotatable bonds is 3. The Morgan fingerprint density at radius 2 is 1.90 bits per heavy atom. The Bertz CT molecular complexity index is 601. The van der Waals surface area contributed by atoms with E-state index < -0.39 is 0 Å². The first-order valence-electron chi connectivity index (χ1n) is 7.20. The van der Waals surface area contributed by atoms with Crippen molar-refractivity contribution < 1.29 is 0 Å². The predicted octanol–water partition coefficient (Wildman–Crippen LogP) is 4.23. The maximum absolute atomic E-state index is 3.67. The number of piperazine rings is 1. The number of hydrogen-bond acceptors (Lipinski definition) is 2. The molecular weight excluding hydrogens is 392 g/mol. The second-order valence-corrected chi connectivity index (χ2v) is 7.15. The van der Waals surface area contributed by atoms with Crippen LogP contribution in [0.4, 0.5) is 5.69 Å². The monoisotopic (exact) mass is 408 g/mol. The van der Waals surface area contributed by atoms with E-state index in [0.29, 0.717) is 6.04 Å². The number of hydrogen-bond donors (Lipinski definition) is 1. The molecule has 1 fully saturated rings. The van der Waals surface area contributed by atoms with Crippen LogP contribution in [0.25, 0.3) is 0 Å². The van der Waals surface area contributed by atoms with Crippen LogP contribution in [-0.4, -0.2) is 25.7 Å². The molecule has 0 radical (unpaired) electrons. The molecule has 21 heavy (non-hydrogen) atoms. The van der Waals surface area contributed by atoms with Gasteiger partial charge in [0.1, 0.15) is 0 Å². The van der Waals surface area contributed by atoms with Crippen molar-refractivity contribution in [2.75, 3.05) is 24.5 Å². The van der Waals surface area contributed by atoms with Crippen LogP contribution in [0.3, 0.4) is 0 Å². The van der Waals surface area contributed by atoms with Crippen molar-refractivity contribution in [2.24, 2.45) is 0 Å². The van der Waals surface area contributed by atoms with Crippen molar-refractivity contribution in [3.05, 3.63) is 63.0 Å². The summed E-state index contributed by atoms with van der Waals surface area (Å²) in [5.41, 5.74) is 2.66. The van der Waals surface area contributed by atoms with Gasteiger partial charge in [-0.25, -0.2) is 0 Å². The Balaban J connectivity index is 1.72. The van der Waals surface area contributed by atoms with Crippen molar-refractivity contribution in [2.45, 2.75) is 12.5 Å². The number of benzene rings is 2. The lowest BCUT2D eigenvalue weighted by molar-refractivity contribution is 0.454. The average Bonchev–Trinajstić information content (AvgIpc) is 2.51. The van der Waals surface area contributed by atoms with E-state index in [4.69, 9.17) is 0 Å². The molecule has 0 spiro atoms. The SMILES string of the molecule is Brc1ccc(Br)c(N2CCNC(Cc3ccccc3)C2)c1. The molecule has 0 saturated carbocycles. The molecule has 0 aromatic heterocycles. The summed E-state index contributed by atoms with van der Waals surface area (Å²) in [6, 6.07) is 17.6. The molecule has 3 rings (SSSR count). The molecule has 0 bridgehead atoms. The fraction of sp³-hybridized carbons (Fsp3) is 0.294. The van der Waals surface area contributed by atoms with E-state index >= 15 is 0 Å². The molecule has 1 aliphatic heterocycles. The Morgan fingerprint density at radius 1 is 1.10 bits per heavy atom. The molecular formula is C17H18Br2N2. The third kappa shape index (κ3) is 3.87. The number of anilines is 1. The zero-order valence-electron chi connectivity index (χ0n) is 11.7. The highest BCUT2D eigenvalue weighted by Crippen LogP contribution is 2.30. The molecule has 1 atom stereocenters. The van der Waals surface area contributed by atoms with Crippen LogP contribution in [0.2, 0.25) is 0 Å². The summed E-state index contributed by atoms with van der Waals surface area (Å²) >= 11 is 7.24. The van der Waals surface area contributed by atoms with Gasteiger partial charge in [-0.1, -0.05) is 46.3 Å². The highest BCUT2D eigenvalue weighted by molar-refractivity contribution is 9.11. The largest absolute Gasteiger partial charge is 0.368 e. The summed E-state index contributed by atoms with van der Waals surface area (Å²) in [5.74, 6) is 0. The minimum atomic E-state index is 0.493. The van der Waals surface area contributed by atoms with Crippen LogP contribution in [-0.2, 0) is 6.42 Å². The highest BCUT2D eigenvalue weighted by Gasteiger charge is 2.21. The van der Waals surface area contributed by atoms with Gasteiger partial charge in [-0.05, 0) is 46.1 Å². The summed E-state index contributed by atoms with van der Waals surface area (Å²) in [4.78, 5) is 2.46. The smallest absolute Gasteiger partial charge is 0.0522 e. The van der Waals surface area contributed by atoms with E-state index in [1.165, 1.54) is 11.3 Å². The Labute approximate surface area is 142 Å². The van der Waals surface area contributed by atoms with Crippen LogP contribution in [0.1, 0.15) is 5.56 Å². The van der Waals surface area contributed by atoms with Crippen molar-refractivity contribution >= 4 is 37.5 Å². The van der Waals surface area contributed by atoms with Gasteiger partial charge in [0.05, 0.1) is 5.69 Å². The van der Waals surface area contributed by atoms with Crippen molar-refractivity contribution in [3.63, 3.8) is 0 Å². The first kappa shape index (κ1) is 15.1. The Morgan fingerprint density at radius 3 is 2.71 bits per heavy atom. The van der Waals surface area contributed by atoms with Crippen molar-refractivity contribution in [1.82, 2.24) is 5.32 Å². The van der Waals surface area contributed by atoms with E-state index in [-0.39, 0.29) is 0 Å². The zero-order valence-corrected chi connectivity index (χ0v) is 14.9. The summed E-state index contributed by atoms with van der Waals surface area (Å²) in [6.07, 6.45) is 1.07. The molecule has 2 aromatic rings. The van der Waals surface area contributed by atoms with Gasteiger partial charge in [-0.15, -0.1) is 0 Å². The van der Waals surface area contributed by atoms with Crippen LogP contribution >= 0.6 is 31.9 Å². The van der Waals surface area contributed by atoms with E-state index in [0.717, 1.165) is 35.0 Å². The fourth-order valence-corrected chi connectivity index (χ4v) is 3.65. The molecule has 2 nitrogen and oxygen atoms in total. The molecule has 1 unspecified atom stereocenters. The van der Waals surface area contributed by atoms with Gasteiger partial charge in [-0.2, -0.15) is 0 Å². The third-order valence-corrected chi connectivity index (χ3v) is 4.99. The van der Waals surface area contributed by atoms with E-state index in [1.54, 1.807) is 0 Å². The van der Waals surface area contributed by atoms with Crippen LogP contribution in [0.5, 0.6) is 0 Å². The van der Waals surface area contributed by atoms with Gasteiger partial charge < -0.3 is 10.2 Å². The van der Waals surface area contributed by atoms with Gasteiger partial charge in [0.2, 0.25) is 0 Å². The molecule has 110 valence electrons. The Hall–Kier alpha value is -0.840. The second kappa shape index (κ2) is 6.95. The van der Waals surface area contributed by atoms with E-state index in [1.807, 2.05) is 0 Å². The van der Waals surface area contributed by atoms with E-state index in [9.17, 15) is 0 Å². The lowest BCUT2D eigenvalue weighted by Crippen LogP contribution is -2.51. The number of nitrogens with one attached hydrogen (secondary N) is 1. The predicted molar refractivity (Wildman–Crippen MR) is 96.0 cm³/mol. The van der Waals surface area contributed by atoms with Crippen molar-refractivity contribution in [3.8, 4) is 0 Å². The molecule has 0 aliphatic carbocycles. The molecule has 2 aromatic carbocycles. The first-order chi connectivity index (χ1) is 10.2. The van der Waals surface area contributed by atoms with Crippen molar-refractivity contribution in [1.29, 1.82) is 0 Å². The van der Waals surface area contributed by atoms with Gasteiger partial charge in [0.25, 0.3) is 0 Å². The highest BCUT2D eigenvalue weighted by atomic mass is 79.9. The second-order valence-electron chi connectivity index (χ2n) is 5.38. The maximum Gasteiger partial charge on any atom is 0.0522 e. The molecule has 0 amide bonds. The molecule has 1 aliphatic rings. The quantitative estimate of drug-likeness (QED) is 0.815. The minimum Gasteiger partial charge on any atom is -0.368 e. The summed E-state index contributed by atoms with van der Waals surface area (Å²) in [6.45, 7) is 3.10. The van der Waals surface area contributed by atoms with Gasteiger partial charge in [0, 0.05) is 34.6 Å². The number of nitrogens with zero attached hydrogens (tertiary/aromatic N) is 1. The molecule has 1 heterocycles. The fourth-order valence-electron chi connectivity index (χ4n) is 2.81. The third-order valence-electron chi connectivity index (χ3n) is 3.83. The van der Waals surface area contributed by atoms with Crippen LogP contribution in [0.15, 0.2) is 57.5 Å². The standard InChI is InChI=1S/C17H18Br2N2/c18-14-6-7-16(19)17(11-14)21-9-8-20-15(12-21)10-13-4-2-1-3-5-13/h1-7,11,15,20H,8-10,12H2. The van der Waals surface area contributed by atoms with Gasteiger partial charge >= 0.3 is 0 Å². The van der Waals surface area contributed by atoms with Gasteiger partial charge in [0.15, 0.2) is 0 Å². The van der Waals surface area contributed by atoms with E-state index in [2.05, 4.69) is 90.6 Å². The van der Waals surface area contributed by atoms with Crippen LogP contribution < -0.4 is 10.2 Å². The molecule has 4 heteroatoms. The van der Waals surface area contributed by atoms with Crippen LogP contribution in [0, 0.1) is 0 Å².